The van der Waals surface area contributed by atoms with Gasteiger partial charge in [-0.25, -0.2) is 4.39 Å². The molecule has 0 aromatic heterocycles. The molecule has 0 bridgehead atoms. The van der Waals surface area contributed by atoms with Crippen molar-refractivity contribution in [1.29, 1.82) is 0 Å². The van der Waals surface area contributed by atoms with E-state index in [1.54, 1.807) is 12.1 Å². The molecule has 1 rings (SSSR count). The van der Waals surface area contributed by atoms with E-state index < -0.39 is 0 Å². The summed E-state index contributed by atoms with van der Waals surface area (Å²) < 4.78 is 19.0. The Morgan fingerprint density at radius 1 is 1.15 bits per heavy atom. The highest BCUT2D eigenvalue weighted by atomic mass is 19.1. The van der Waals surface area contributed by atoms with Crippen LogP contribution in [0.4, 0.5) is 4.39 Å². The molecule has 110 valence electrons. The Hall–Kier alpha value is -1.53. The number of aliphatic hydroxyl groups is 1. The third-order valence-corrected chi connectivity index (χ3v) is 3.00. The predicted molar refractivity (Wildman–Crippen MR) is 79.2 cm³/mol. The smallest absolute Gasteiger partial charge is 0.165 e. The average molecular weight is 278 g/mol. The maximum atomic E-state index is 13.5. The van der Waals surface area contributed by atoms with Gasteiger partial charge in [0.15, 0.2) is 11.6 Å². The lowest BCUT2D eigenvalue weighted by atomic mass is 10.1. The van der Waals surface area contributed by atoms with Gasteiger partial charge in [-0.2, -0.15) is 0 Å². The number of rotatable bonds is 8. The summed E-state index contributed by atoms with van der Waals surface area (Å²) in [7, 11) is 0. The van der Waals surface area contributed by atoms with Gasteiger partial charge in [0.1, 0.15) is 6.61 Å². The van der Waals surface area contributed by atoms with E-state index in [1.807, 2.05) is 0 Å². The largest absolute Gasteiger partial charge is 0.490 e. The SMILES string of the molecule is CCCCCCCCOc1cc(C#CCO)ccc1F. The Balaban J connectivity index is 2.35. The number of hydrogen-bond donors (Lipinski definition) is 1. The molecule has 0 fully saturated rings. The van der Waals surface area contributed by atoms with Crippen molar-refractivity contribution < 1.29 is 14.2 Å². The van der Waals surface area contributed by atoms with E-state index in [-0.39, 0.29) is 18.2 Å². The molecule has 1 aromatic carbocycles. The molecule has 0 aliphatic rings. The summed E-state index contributed by atoms with van der Waals surface area (Å²) in [6, 6.07) is 4.50. The minimum atomic E-state index is -0.370. The molecule has 0 saturated carbocycles. The zero-order valence-electron chi connectivity index (χ0n) is 12.1. The van der Waals surface area contributed by atoms with Crippen LogP contribution >= 0.6 is 0 Å². The zero-order chi connectivity index (χ0) is 14.6. The number of benzene rings is 1. The van der Waals surface area contributed by atoms with Crippen LogP contribution in [0.2, 0.25) is 0 Å². The van der Waals surface area contributed by atoms with Crippen molar-refractivity contribution in [2.75, 3.05) is 13.2 Å². The summed E-state index contributed by atoms with van der Waals surface area (Å²) in [4.78, 5) is 0. The fraction of sp³-hybridized carbons (Fsp3) is 0.529. The molecule has 0 aliphatic carbocycles. The first-order chi connectivity index (χ1) is 9.77. The van der Waals surface area contributed by atoms with E-state index in [2.05, 4.69) is 18.8 Å². The van der Waals surface area contributed by atoms with Crippen molar-refractivity contribution in [2.24, 2.45) is 0 Å². The Morgan fingerprint density at radius 2 is 1.90 bits per heavy atom. The highest BCUT2D eigenvalue weighted by Gasteiger charge is 2.03. The molecule has 1 aromatic rings. The molecular formula is C17H23FO2. The summed E-state index contributed by atoms with van der Waals surface area (Å²) in [6.07, 6.45) is 7.05. The number of aliphatic hydroxyl groups excluding tert-OH is 1. The molecule has 0 atom stereocenters. The normalized spacial score (nSPS) is 9.95. The van der Waals surface area contributed by atoms with Crippen molar-refractivity contribution >= 4 is 0 Å². The molecule has 0 amide bonds. The average Bonchev–Trinajstić information content (AvgIpc) is 2.46. The molecule has 0 saturated heterocycles. The highest BCUT2D eigenvalue weighted by Crippen LogP contribution is 2.19. The standard InChI is InChI=1S/C17H23FO2/c1-2-3-4-5-6-7-13-20-17-14-15(9-8-12-19)10-11-16(17)18/h10-11,14,19H,2-7,12-13H2,1H3. The van der Waals surface area contributed by atoms with E-state index in [0.29, 0.717) is 12.2 Å². The van der Waals surface area contributed by atoms with Crippen LogP contribution in [0, 0.1) is 17.7 Å². The molecule has 1 N–H and O–H groups in total. The summed E-state index contributed by atoms with van der Waals surface area (Å²) >= 11 is 0. The molecule has 3 heteroatoms. The van der Waals surface area contributed by atoms with Crippen molar-refractivity contribution in [3.05, 3.63) is 29.6 Å². The number of hydrogen-bond acceptors (Lipinski definition) is 2. The van der Waals surface area contributed by atoms with E-state index in [1.165, 1.54) is 31.7 Å². The minimum absolute atomic E-state index is 0.203. The van der Waals surface area contributed by atoms with Gasteiger partial charge in [-0.3, -0.25) is 0 Å². The molecule has 2 nitrogen and oxygen atoms in total. The van der Waals surface area contributed by atoms with Gasteiger partial charge in [-0.05, 0) is 24.6 Å². The summed E-state index contributed by atoms with van der Waals surface area (Å²) in [5, 5.41) is 8.63. The van der Waals surface area contributed by atoms with Gasteiger partial charge in [0.05, 0.1) is 6.61 Å². The van der Waals surface area contributed by atoms with Crippen molar-refractivity contribution in [2.45, 2.75) is 45.4 Å². The Labute approximate surface area is 121 Å². The van der Waals surface area contributed by atoms with Gasteiger partial charge in [0.2, 0.25) is 0 Å². The van der Waals surface area contributed by atoms with Crippen LogP contribution in [0.3, 0.4) is 0 Å². The topological polar surface area (TPSA) is 29.5 Å². The van der Waals surface area contributed by atoms with Gasteiger partial charge >= 0.3 is 0 Å². The van der Waals surface area contributed by atoms with Crippen LogP contribution in [0.5, 0.6) is 5.75 Å². The first-order valence-electron chi connectivity index (χ1n) is 7.30. The van der Waals surface area contributed by atoms with Crippen LogP contribution in [-0.2, 0) is 0 Å². The van der Waals surface area contributed by atoms with Crippen molar-refractivity contribution in [3.8, 4) is 17.6 Å². The zero-order valence-corrected chi connectivity index (χ0v) is 12.1. The monoisotopic (exact) mass is 278 g/mol. The van der Waals surface area contributed by atoms with Crippen LogP contribution in [-0.4, -0.2) is 18.3 Å². The van der Waals surface area contributed by atoms with Gasteiger partial charge in [0, 0.05) is 5.56 Å². The molecule has 20 heavy (non-hydrogen) atoms. The number of unbranched alkanes of at least 4 members (excludes halogenated alkanes) is 5. The maximum absolute atomic E-state index is 13.5. The molecule has 0 unspecified atom stereocenters. The van der Waals surface area contributed by atoms with Crippen molar-refractivity contribution in [1.82, 2.24) is 0 Å². The summed E-state index contributed by atoms with van der Waals surface area (Å²) in [6.45, 7) is 2.52. The first-order valence-corrected chi connectivity index (χ1v) is 7.30. The Kier molecular flexibility index (Phi) is 8.49. The maximum Gasteiger partial charge on any atom is 0.165 e. The van der Waals surface area contributed by atoms with Crippen LogP contribution in [0.15, 0.2) is 18.2 Å². The Morgan fingerprint density at radius 3 is 2.65 bits per heavy atom. The van der Waals surface area contributed by atoms with Gasteiger partial charge in [-0.15, -0.1) is 0 Å². The molecular weight excluding hydrogens is 255 g/mol. The number of halogens is 1. The van der Waals surface area contributed by atoms with Gasteiger partial charge in [-0.1, -0.05) is 50.9 Å². The third-order valence-electron chi connectivity index (χ3n) is 3.00. The molecule has 0 radical (unpaired) electrons. The second kappa shape index (κ2) is 10.3. The van der Waals surface area contributed by atoms with Crippen LogP contribution in [0.1, 0.15) is 51.0 Å². The second-order valence-electron chi connectivity index (χ2n) is 4.72. The summed E-state index contributed by atoms with van der Waals surface area (Å²) in [5.41, 5.74) is 0.651. The second-order valence-corrected chi connectivity index (χ2v) is 4.72. The molecule has 0 spiro atoms. The van der Waals surface area contributed by atoms with Crippen molar-refractivity contribution in [3.63, 3.8) is 0 Å². The van der Waals surface area contributed by atoms with E-state index >= 15 is 0 Å². The van der Waals surface area contributed by atoms with Crippen LogP contribution in [0.25, 0.3) is 0 Å². The number of ether oxygens (including phenoxy) is 1. The fourth-order valence-electron chi connectivity index (χ4n) is 1.90. The molecule has 0 aliphatic heterocycles. The van der Waals surface area contributed by atoms with E-state index in [0.717, 1.165) is 12.8 Å². The first kappa shape index (κ1) is 16.5. The summed E-state index contributed by atoms with van der Waals surface area (Å²) in [5.74, 6) is 5.14. The van der Waals surface area contributed by atoms with Gasteiger partial charge < -0.3 is 9.84 Å². The fourth-order valence-corrected chi connectivity index (χ4v) is 1.90. The van der Waals surface area contributed by atoms with Crippen LogP contribution < -0.4 is 4.74 Å². The third kappa shape index (κ3) is 6.58. The van der Waals surface area contributed by atoms with Gasteiger partial charge in [0.25, 0.3) is 0 Å². The Bertz CT molecular complexity index is 446. The quantitative estimate of drug-likeness (QED) is 0.577. The lowest BCUT2D eigenvalue weighted by Crippen LogP contribution is -1.99. The molecule has 0 heterocycles. The minimum Gasteiger partial charge on any atom is -0.490 e. The lowest BCUT2D eigenvalue weighted by molar-refractivity contribution is 0.290. The van der Waals surface area contributed by atoms with E-state index in [9.17, 15) is 4.39 Å². The highest BCUT2D eigenvalue weighted by molar-refractivity contribution is 5.40. The lowest BCUT2D eigenvalue weighted by Gasteiger charge is -2.07. The predicted octanol–water partition coefficient (Wildman–Crippen LogP) is 3.91. The van der Waals surface area contributed by atoms with E-state index in [4.69, 9.17) is 9.84 Å².